The number of nitrogens with zero attached hydrogens (tertiary/aromatic N) is 4. The molecule has 0 amide bonds. The molecule has 0 spiro atoms. The summed E-state index contributed by atoms with van der Waals surface area (Å²) < 4.78 is 21.1. The number of aromatic nitrogens is 3. The van der Waals surface area contributed by atoms with Gasteiger partial charge in [-0.05, 0) is 25.7 Å². The maximum atomic E-state index is 14.2. The van der Waals surface area contributed by atoms with E-state index in [0.717, 1.165) is 31.7 Å². The average molecular weight is 335 g/mol. The fourth-order valence-corrected chi connectivity index (χ4v) is 3.41. The van der Waals surface area contributed by atoms with Crippen LogP contribution < -0.4 is 10.2 Å². The molecular formula is C16H22FN5O2. The van der Waals surface area contributed by atoms with E-state index in [0.29, 0.717) is 31.1 Å². The van der Waals surface area contributed by atoms with Crippen LogP contribution >= 0.6 is 0 Å². The number of anilines is 2. The van der Waals surface area contributed by atoms with Crippen LogP contribution in [-0.2, 0) is 4.74 Å². The molecule has 0 aliphatic carbocycles. The van der Waals surface area contributed by atoms with Crippen LogP contribution in [0.15, 0.2) is 12.3 Å². The molecule has 24 heavy (non-hydrogen) atoms. The first kappa shape index (κ1) is 15.6. The van der Waals surface area contributed by atoms with Crippen LogP contribution in [0.3, 0.4) is 0 Å². The third-order valence-electron chi connectivity index (χ3n) is 4.77. The molecule has 2 aromatic heterocycles. The highest BCUT2D eigenvalue weighted by atomic mass is 19.1. The number of piperidine rings is 1. The molecule has 0 aromatic carbocycles. The molecule has 0 saturated carbocycles. The van der Waals surface area contributed by atoms with Gasteiger partial charge in [0.15, 0.2) is 5.82 Å². The number of rotatable bonds is 3. The molecule has 0 bridgehead atoms. The zero-order chi connectivity index (χ0) is 16.5. The summed E-state index contributed by atoms with van der Waals surface area (Å²) in [7, 11) is 0. The van der Waals surface area contributed by atoms with E-state index in [1.807, 2.05) is 0 Å². The van der Waals surface area contributed by atoms with E-state index in [2.05, 4.69) is 20.3 Å². The first-order valence-corrected chi connectivity index (χ1v) is 8.54. The molecule has 0 unspecified atom stereocenters. The second-order valence-corrected chi connectivity index (χ2v) is 6.46. The van der Waals surface area contributed by atoms with Gasteiger partial charge in [-0.15, -0.1) is 5.10 Å². The van der Waals surface area contributed by atoms with Crippen LogP contribution in [0, 0.1) is 5.82 Å². The highest BCUT2D eigenvalue weighted by molar-refractivity contribution is 5.59. The standard InChI is InChI=1S/C16H22FN5O2/c17-11-8-15(21-5-2-1-3-6-21)22-13(11)9-18-16(20-22)19-12-4-7-24-10-14(12)23/h8-9,12,14,23H,1-7,10H2,(H,19,20)/t12-,14-/m1/s1. The lowest BCUT2D eigenvalue weighted by molar-refractivity contribution is -0.0136. The lowest BCUT2D eigenvalue weighted by atomic mass is 10.1. The van der Waals surface area contributed by atoms with Gasteiger partial charge in [-0.1, -0.05) is 0 Å². The van der Waals surface area contributed by atoms with Gasteiger partial charge >= 0.3 is 0 Å². The molecule has 8 heteroatoms. The Hall–Kier alpha value is -1.93. The van der Waals surface area contributed by atoms with Crippen LogP contribution in [0.5, 0.6) is 0 Å². The summed E-state index contributed by atoms with van der Waals surface area (Å²) in [6.07, 6.45) is 5.01. The summed E-state index contributed by atoms with van der Waals surface area (Å²) in [5, 5.41) is 17.6. The lowest BCUT2D eigenvalue weighted by Crippen LogP contribution is -2.42. The second kappa shape index (κ2) is 6.52. The highest BCUT2D eigenvalue weighted by Crippen LogP contribution is 2.25. The summed E-state index contributed by atoms with van der Waals surface area (Å²) in [6, 6.07) is 1.37. The molecule has 2 aliphatic heterocycles. The number of halogens is 1. The molecule has 2 aromatic rings. The first-order valence-electron chi connectivity index (χ1n) is 8.54. The van der Waals surface area contributed by atoms with Crippen molar-refractivity contribution in [1.82, 2.24) is 14.6 Å². The van der Waals surface area contributed by atoms with E-state index >= 15 is 0 Å². The Kier molecular flexibility index (Phi) is 4.24. The summed E-state index contributed by atoms with van der Waals surface area (Å²) in [4.78, 5) is 6.37. The number of aliphatic hydroxyl groups is 1. The van der Waals surface area contributed by atoms with Crippen molar-refractivity contribution in [3.05, 3.63) is 18.1 Å². The van der Waals surface area contributed by atoms with Crippen LogP contribution in [-0.4, -0.2) is 58.2 Å². The van der Waals surface area contributed by atoms with E-state index < -0.39 is 6.10 Å². The normalized spacial score (nSPS) is 25.2. The van der Waals surface area contributed by atoms with Crippen molar-refractivity contribution in [1.29, 1.82) is 0 Å². The Bertz CT molecular complexity index is 716. The summed E-state index contributed by atoms with van der Waals surface area (Å²) in [5.41, 5.74) is 0.369. The number of ether oxygens (including phenoxy) is 1. The van der Waals surface area contributed by atoms with Crippen molar-refractivity contribution in [2.45, 2.75) is 37.8 Å². The SMILES string of the molecule is O[C@@H]1COCC[C@H]1Nc1ncc2c(F)cc(N3CCCCC3)n2n1. The highest BCUT2D eigenvalue weighted by Gasteiger charge is 2.25. The van der Waals surface area contributed by atoms with Crippen LogP contribution in [0.2, 0.25) is 0 Å². The maximum absolute atomic E-state index is 14.2. The molecule has 130 valence electrons. The predicted octanol–water partition coefficient (Wildman–Crippen LogP) is 1.42. The van der Waals surface area contributed by atoms with Crippen molar-refractivity contribution in [3.63, 3.8) is 0 Å². The molecule has 2 atom stereocenters. The maximum Gasteiger partial charge on any atom is 0.241 e. The first-order chi connectivity index (χ1) is 11.7. The van der Waals surface area contributed by atoms with Gasteiger partial charge in [-0.2, -0.15) is 0 Å². The number of fused-ring (bicyclic) bond motifs is 1. The molecule has 0 radical (unpaired) electrons. The molecule has 7 nitrogen and oxygen atoms in total. The van der Waals surface area contributed by atoms with Crippen LogP contribution in [0.25, 0.3) is 5.52 Å². The van der Waals surface area contributed by atoms with E-state index in [1.54, 1.807) is 4.52 Å². The molecular weight excluding hydrogens is 313 g/mol. The summed E-state index contributed by atoms with van der Waals surface area (Å²) >= 11 is 0. The van der Waals surface area contributed by atoms with Gasteiger partial charge in [0, 0.05) is 25.8 Å². The third kappa shape index (κ3) is 2.91. The number of hydrogen-bond donors (Lipinski definition) is 2. The molecule has 2 N–H and O–H groups in total. The molecule has 2 aliphatic rings. The fraction of sp³-hybridized carbons (Fsp3) is 0.625. The van der Waals surface area contributed by atoms with Crippen LogP contribution in [0.1, 0.15) is 25.7 Å². The third-order valence-corrected chi connectivity index (χ3v) is 4.77. The predicted molar refractivity (Wildman–Crippen MR) is 87.9 cm³/mol. The van der Waals surface area contributed by atoms with Gasteiger partial charge in [-0.3, -0.25) is 0 Å². The van der Waals surface area contributed by atoms with Crippen molar-refractivity contribution in [2.75, 3.05) is 36.5 Å². The Morgan fingerprint density at radius 1 is 1.29 bits per heavy atom. The van der Waals surface area contributed by atoms with Gasteiger partial charge in [-0.25, -0.2) is 13.9 Å². The molecule has 2 fully saturated rings. The van der Waals surface area contributed by atoms with Gasteiger partial charge in [0.1, 0.15) is 11.3 Å². The quantitative estimate of drug-likeness (QED) is 0.884. The lowest BCUT2D eigenvalue weighted by Gasteiger charge is -2.29. The van der Waals surface area contributed by atoms with Crippen molar-refractivity contribution < 1.29 is 14.2 Å². The molecule has 4 heterocycles. The van der Waals surface area contributed by atoms with Gasteiger partial charge in [0.25, 0.3) is 0 Å². The molecule has 2 saturated heterocycles. The van der Waals surface area contributed by atoms with Gasteiger partial charge in [0.2, 0.25) is 5.95 Å². The average Bonchev–Trinajstić information content (AvgIpc) is 2.94. The Morgan fingerprint density at radius 2 is 2.12 bits per heavy atom. The largest absolute Gasteiger partial charge is 0.389 e. The van der Waals surface area contributed by atoms with Gasteiger partial charge < -0.3 is 20.1 Å². The van der Waals surface area contributed by atoms with E-state index in [-0.39, 0.29) is 11.9 Å². The summed E-state index contributed by atoms with van der Waals surface area (Å²) in [5.74, 6) is 0.843. The number of aliphatic hydroxyl groups excluding tert-OH is 1. The minimum Gasteiger partial charge on any atom is -0.389 e. The number of hydrogen-bond acceptors (Lipinski definition) is 6. The fourth-order valence-electron chi connectivity index (χ4n) is 3.41. The Labute approximate surface area is 139 Å². The van der Waals surface area contributed by atoms with Crippen molar-refractivity contribution in [2.24, 2.45) is 0 Å². The zero-order valence-corrected chi connectivity index (χ0v) is 13.5. The summed E-state index contributed by atoms with van der Waals surface area (Å²) in [6.45, 7) is 2.72. The smallest absolute Gasteiger partial charge is 0.241 e. The van der Waals surface area contributed by atoms with Crippen molar-refractivity contribution >= 4 is 17.3 Å². The minimum absolute atomic E-state index is 0.157. The topological polar surface area (TPSA) is 74.9 Å². The second-order valence-electron chi connectivity index (χ2n) is 6.46. The minimum atomic E-state index is -0.596. The monoisotopic (exact) mass is 335 g/mol. The Morgan fingerprint density at radius 3 is 2.92 bits per heavy atom. The van der Waals surface area contributed by atoms with Crippen LogP contribution in [0.4, 0.5) is 16.2 Å². The van der Waals surface area contributed by atoms with Crippen molar-refractivity contribution in [3.8, 4) is 0 Å². The van der Waals surface area contributed by atoms with Gasteiger partial charge in [0.05, 0.1) is 24.9 Å². The molecule has 4 rings (SSSR count). The zero-order valence-electron chi connectivity index (χ0n) is 13.5. The van der Waals surface area contributed by atoms with E-state index in [1.165, 1.54) is 18.7 Å². The van der Waals surface area contributed by atoms with E-state index in [4.69, 9.17) is 4.74 Å². The Balaban J connectivity index is 1.63. The number of nitrogens with one attached hydrogen (secondary N) is 1. The van der Waals surface area contributed by atoms with E-state index in [9.17, 15) is 9.50 Å².